The lowest BCUT2D eigenvalue weighted by atomic mass is 9.99. The number of alkyl halides is 3. The molecule has 0 unspecified atom stereocenters. The average Bonchev–Trinajstić information content (AvgIpc) is 2.73. The summed E-state index contributed by atoms with van der Waals surface area (Å²) in [7, 11) is 0. The summed E-state index contributed by atoms with van der Waals surface area (Å²) in [6.07, 6.45) is -3.58. The maximum atomic E-state index is 12.8. The number of rotatable bonds is 4. The van der Waals surface area contributed by atoms with Gasteiger partial charge < -0.3 is 5.32 Å². The van der Waals surface area contributed by atoms with Gasteiger partial charge in [-0.15, -0.1) is 0 Å². The number of likely N-dealkylation sites (N-methyl/N-ethyl adjacent to an activating group) is 1. The van der Waals surface area contributed by atoms with E-state index in [1.54, 1.807) is 0 Å². The SMILES string of the molecule is CCN1CCc2nc(Nc3ccc(C(F)(F)F)cc3)nc(-c3ccc(Cl)cc3)c2C1. The Morgan fingerprint density at radius 3 is 2.37 bits per heavy atom. The summed E-state index contributed by atoms with van der Waals surface area (Å²) in [6.45, 7) is 4.71. The highest BCUT2D eigenvalue weighted by Crippen LogP contribution is 2.32. The van der Waals surface area contributed by atoms with Crippen molar-refractivity contribution in [3.05, 3.63) is 70.4 Å². The zero-order valence-electron chi connectivity index (χ0n) is 16.3. The van der Waals surface area contributed by atoms with Crippen molar-refractivity contribution in [2.45, 2.75) is 26.1 Å². The van der Waals surface area contributed by atoms with Gasteiger partial charge in [-0.1, -0.05) is 30.7 Å². The van der Waals surface area contributed by atoms with Gasteiger partial charge in [-0.2, -0.15) is 13.2 Å². The lowest BCUT2D eigenvalue weighted by molar-refractivity contribution is -0.137. The van der Waals surface area contributed by atoms with Crippen LogP contribution in [0, 0.1) is 0 Å². The predicted molar refractivity (Wildman–Crippen MR) is 112 cm³/mol. The van der Waals surface area contributed by atoms with Crippen LogP contribution in [0.5, 0.6) is 0 Å². The minimum atomic E-state index is -4.37. The lowest BCUT2D eigenvalue weighted by Gasteiger charge is -2.28. The fraction of sp³-hybridized carbons (Fsp3) is 0.273. The molecule has 2 heterocycles. The van der Waals surface area contributed by atoms with E-state index in [-0.39, 0.29) is 0 Å². The van der Waals surface area contributed by atoms with Crippen LogP contribution in [0.4, 0.5) is 24.8 Å². The third kappa shape index (κ3) is 4.42. The van der Waals surface area contributed by atoms with E-state index >= 15 is 0 Å². The van der Waals surface area contributed by atoms with Crippen molar-refractivity contribution in [3.63, 3.8) is 0 Å². The largest absolute Gasteiger partial charge is 0.416 e. The Bertz CT molecular complexity index is 1030. The second kappa shape index (κ2) is 8.24. The van der Waals surface area contributed by atoms with Gasteiger partial charge in [0.25, 0.3) is 0 Å². The molecule has 0 atom stereocenters. The van der Waals surface area contributed by atoms with E-state index in [1.165, 1.54) is 12.1 Å². The van der Waals surface area contributed by atoms with Gasteiger partial charge in [0.05, 0.1) is 17.0 Å². The highest BCUT2D eigenvalue weighted by molar-refractivity contribution is 6.30. The Morgan fingerprint density at radius 1 is 1.03 bits per heavy atom. The molecule has 0 radical (unpaired) electrons. The van der Waals surface area contributed by atoms with Gasteiger partial charge in [-0.05, 0) is 42.9 Å². The zero-order chi connectivity index (χ0) is 21.3. The number of anilines is 2. The lowest BCUT2D eigenvalue weighted by Crippen LogP contribution is -2.31. The van der Waals surface area contributed by atoms with Crippen LogP contribution in [0.3, 0.4) is 0 Å². The minimum Gasteiger partial charge on any atom is -0.324 e. The molecule has 0 spiro atoms. The molecule has 8 heteroatoms. The molecule has 0 amide bonds. The average molecular weight is 433 g/mol. The van der Waals surface area contributed by atoms with E-state index < -0.39 is 11.7 Å². The van der Waals surface area contributed by atoms with Gasteiger partial charge in [-0.25, -0.2) is 9.97 Å². The number of hydrogen-bond acceptors (Lipinski definition) is 4. The fourth-order valence-electron chi connectivity index (χ4n) is 3.51. The van der Waals surface area contributed by atoms with Crippen molar-refractivity contribution in [1.29, 1.82) is 0 Å². The van der Waals surface area contributed by atoms with E-state index in [0.29, 0.717) is 16.7 Å². The zero-order valence-corrected chi connectivity index (χ0v) is 17.1. The third-order valence-electron chi connectivity index (χ3n) is 5.17. The molecule has 156 valence electrons. The molecule has 30 heavy (non-hydrogen) atoms. The molecule has 0 bridgehead atoms. The molecule has 1 N–H and O–H groups in total. The molecular weight excluding hydrogens is 413 g/mol. The van der Waals surface area contributed by atoms with Crippen molar-refractivity contribution in [2.24, 2.45) is 0 Å². The molecule has 4 nitrogen and oxygen atoms in total. The second-order valence-corrected chi connectivity index (χ2v) is 7.58. The van der Waals surface area contributed by atoms with Crippen molar-refractivity contribution < 1.29 is 13.2 Å². The van der Waals surface area contributed by atoms with Gasteiger partial charge in [-0.3, -0.25) is 4.90 Å². The first kappa shape index (κ1) is 20.6. The summed E-state index contributed by atoms with van der Waals surface area (Å²) in [6, 6.07) is 12.3. The first-order chi connectivity index (χ1) is 14.3. The van der Waals surface area contributed by atoms with Crippen molar-refractivity contribution in [1.82, 2.24) is 14.9 Å². The van der Waals surface area contributed by atoms with Gasteiger partial charge in [0, 0.05) is 41.3 Å². The molecular formula is C22H20ClF3N4. The van der Waals surface area contributed by atoms with Crippen molar-refractivity contribution >= 4 is 23.2 Å². The number of nitrogens with zero attached hydrogens (tertiary/aromatic N) is 3. The molecule has 1 aliphatic rings. The second-order valence-electron chi connectivity index (χ2n) is 7.15. The van der Waals surface area contributed by atoms with Crippen LogP contribution in [0.2, 0.25) is 5.02 Å². The Labute approximate surface area is 177 Å². The number of halogens is 4. The topological polar surface area (TPSA) is 41.1 Å². The maximum Gasteiger partial charge on any atom is 0.416 e. The molecule has 1 aromatic heterocycles. The summed E-state index contributed by atoms with van der Waals surface area (Å²) in [5.74, 6) is 0.364. The number of nitrogens with one attached hydrogen (secondary N) is 1. The smallest absolute Gasteiger partial charge is 0.324 e. The Morgan fingerprint density at radius 2 is 1.73 bits per heavy atom. The van der Waals surface area contributed by atoms with Crippen LogP contribution < -0.4 is 5.32 Å². The first-order valence-electron chi connectivity index (χ1n) is 9.66. The molecule has 0 fully saturated rings. The number of fused-ring (bicyclic) bond motifs is 1. The Kier molecular flexibility index (Phi) is 5.66. The van der Waals surface area contributed by atoms with Crippen molar-refractivity contribution in [3.8, 4) is 11.3 Å². The summed E-state index contributed by atoms with van der Waals surface area (Å²) in [5, 5.41) is 3.69. The van der Waals surface area contributed by atoms with Gasteiger partial charge in [0.1, 0.15) is 0 Å². The number of hydrogen-bond donors (Lipinski definition) is 1. The molecule has 0 aliphatic carbocycles. The number of aromatic nitrogens is 2. The van der Waals surface area contributed by atoms with E-state index in [4.69, 9.17) is 16.6 Å². The summed E-state index contributed by atoms with van der Waals surface area (Å²) >= 11 is 6.04. The molecule has 0 saturated carbocycles. The van der Waals surface area contributed by atoms with Crippen LogP contribution in [0.15, 0.2) is 48.5 Å². The van der Waals surface area contributed by atoms with Crippen molar-refractivity contribution in [2.75, 3.05) is 18.4 Å². The molecule has 3 aromatic rings. The van der Waals surface area contributed by atoms with E-state index in [1.807, 2.05) is 24.3 Å². The van der Waals surface area contributed by atoms with Crippen LogP contribution in [-0.4, -0.2) is 28.0 Å². The standard InChI is InChI=1S/C22H20ClF3N4/c1-2-30-12-11-19-18(13-30)20(14-3-7-16(23)8-4-14)29-21(28-19)27-17-9-5-15(6-10-17)22(24,25)26/h3-10H,2,11-13H2,1H3,(H,27,28,29). The first-order valence-corrected chi connectivity index (χ1v) is 10.0. The van der Waals surface area contributed by atoms with Crippen LogP contribution in [0.25, 0.3) is 11.3 Å². The normalized spacial score (nSPS) is 14.4. The maximum absolute atomic E-state index is 12.8. The van der Waals surface area contributed by atoms with E-state index in [2.05, 4.69) is 22.1 Å². The Balaban J connectivity index is 1.71. The number of benzene rings is 2. The molecule has 0 saturated heterocycles. The summed E-state index contributed by atoms with van der Waals surface area (Å²) in [4.78, 5) is 11.7. The van der Waals surface area contributed by atoms with Gasteiger partial charge in [0.15, 0.2) is 0 Å². The van der Waals surface area contributed by atoms with Crippen LogP contribution >= 0.6 is 11.6 Å². The monoisotopic (exact) mass is 432 g/mol. The highest BCUT2D eigenvalue weighted by atomic mass is 35.5. The quantitative estimate of drug-likeness (QED) is 0.554. The predicted octanol–water partition coefficient (Wildman–Crippen LogP) is 5.94. The van der Waals surface area contributed by atoms with Gasteiger partial charge >= 0.3 is 6.18 Å². The Hall–Kier alpha value is -2.64. The summed E-state index contributed by atoms with van der Waals surface area (Å²) in [5.41, 5.74) is 3.56. The fourth-order valence-corrected chi connectivity index (χ4v) is 3.64. The molecule has 4 rings (SSSR count). The van der Waals surface area contributed by atoms with E-state index in [9.17, 15) is 13.2 Å². The van der Waals surface area contributed by atoms with Gasteiger partial charge in [0.2, 0.25) is 5.95 Å². The summed E-state index contributed by atoms with van der Waals surface area (Å²) < 4.78 is 38.4. The minimum absolute atomic E-state index is 0.364. The van der Waals surface area contributed by atoms with Crippen LogP contribution in [0.1, 0.15) is 23.7 Å². The highest BCUT2D eigenvalue weighted by Gasteiger charge is 2.30. The van der Waals surface area contributed by atoms with Crippen LogP contribution in [-0.2, 0) is 19.1 Å². The third-order valence-corrected chi connectivity index (χ3v) is 5.42. The molecule has 2 aromatic carbocycles. The van der Waals surface area contributed by atoms with E-state index in [0.717, 1.165) is 60.7 Å². The molecule has 1 aliphatic heterocycles.